The zero-order valence-electron chi connectivity index (χ0n) is 28.3. The standard InChI is InChI=1S/C48H27N5/c1-2-8-33(9-3-1)52-36-11-5-4-10-35(36)50-48(52)32-14-13-31-27-34(20-15-30(31)26-32)51-37-21-16-28-18-23-39-46-42(28)44(37)45-38(51)22-17-29-19-24-40(47(46)43(29)45)53(39)41-12-6-7-25-49-41/h1-27H. The summed E-state index contributed by atoms with van der Waals surface area (Å²) in [6, 6.07) is 57.0. The third kappa shape index (κ3) is 3.46. The number of hydrogen-bond donors (Lipinski definition) is 0. The Balaban J connectivity index is 1.05. The fraction of sp³-hybridized carbons (Fsp3) is 0. The number of fused-ring (bicyclic) bond motifs is 2. The van der Waals surface area contributed by atoms with E-state index in [1.165, 1.54) is 75.9 Å². The van der Waals surface area contributed by atoms with E-state index >= 15 is 0 Å². The van der Waals surface area contributed by atoms with E-state index in [9.17, 15) is 0 Å². The van der Waals surface area contributed by atoms with Crippen LogP contribution >= 0.6 is 0 Å². The van der Waals surface area contributed by atoms with Gasteiger partial charge in [0.2, 0.25) is 0 Å². The summed E-state index contributed by atoms with van der Waals surface area (Å²) in [6.45, 7) is 0. The fourth-order valence-electron chi connectivity index (χ4n) is 9.39. The fourth-order valence-corrected chi connectivity index (χ4v) is 9.39. The van der Waals surface area contributed by atoms with E-state index in [1.807, 2.05) is 12.3 Å². The second kappa shape index (κ2) is 9.75. The highest BCUT2D eigenvalue weighted by molar-refractivity contribution is 6.45. The number of imidazole rings is 1. The van der Waals surface area contributed by atoms with Gasteiger partial charge in [0.15, 0.2) is 0 Å². The molecule has 0 N–H and O–H groups in total. The van der Waals surface area contributed by atoms with Crippen molar-refractivity contribution in [2.45, 2.75) is 0 Å². The lowest BCUT2D eigenvalue weighted by Gasteiger charge is -2.12. The number of pyridine rings is 1. The molecule has 0 unspecified atom stereocenters. The maximum absolute atomic E-state index is 5.13. The smallest absolute Gasteiger partial charge is 0.145 e. The first-order valence-electron chi connectivity index (χ1n) is 18.1. The first kappa shape index (κ1) is 27.5. The van der Waals surface area contributed by atoms with Crippen molar-refractivity contribution in [1.82, 2.24) is 23.7 Å². The normalized spacial score (nSPS) is 12.5. The minimum atomic E-state index is 0.941. The zero-order valence-corrected chi connectivity index (χ0v) is 28.3. The van der Waals surface area contributed by atoms with Crippen molar-refractivity contribution in [1.29, 1.82) is 0 Å². The van der Waals surface area contributed by atoms with Gasteiger partial charge < -0.3 is 4.57 Å². The Kier molecular flexibility index (Phi) is 5.06. The minimum absolute atomic E-state index is 0.941. The second-order valence-electron chi connectivity index (χ2n) is 14.2. The van der Waals surface area contributed by atoms with E-state index in [1.54, 1.807) is 0 Å². The third-order valence-electron chi connectivity index (χ3n) is 11.5. The maximum atomic E-state index is 5.13. The summed E-state index contributed by atoms with van der Waals surface area (Å²) in [5, 5.41) is 12.9. The number of benzene rings is 9. The predicted octanol–water partition coefficient (Wildman–Crippen LogP) is 12.1. The average Bonchev–Trinajstić information content (AvgIpc) is 3.89. The van der Waals surface area contributed by atoms with E-state index < -0.39 is 0 Å². The van der Waals surface area contributed by atoms with E-state index in [4.69, 9.17) is 9.97 Å². The molecule has 0 aliphatic carbocycles. The second-order valence-corrected chi connectivity index (χ2v) is 14.2. The third-order valence-corrected chi connectivity index (χ3v) is 11.5. The molecule has 13 aromatic rings. The SMILES string of the molecule is c1ccc(-n2c(-c3ccc4cc(-n5c6ccc7ccc8c9c7c6c6c7c(ccc65)ccc(c79)n8-c5ccccn5)ccc4c3)nc3ccccc32)cc1. The van der Waals surface area contributed by atoms with Gasteiger partial charge in [-0.3, -0.25) is 9.13 Å². The van der Waals surface area contributed by atoms with Crippen molar-refractivity contribution in [2.75, 3.05) is 0 Å². The Morgan fingerprint density at radius 2 is 0.943 bits per heavy atom. The summed E-state index contributed by atoms with van der Waals surface area (Å²) in [7, 11) is 0. The molecular formula is C48H27N5. The van der Waals surface area contributed by atoms with Crippen LogP contribution in [-0.4, -0.2) is 23.7 Å². The van der Waals surface area contributed by atoms with Crippen LogP contribution in [0.1, 0.15) is 0 Å². The Bertz CT molecular complexity index is 3440. The molecule has 0 bridgehead atoms. The van der Waals surface area contributed by atoms with Crippen LogP contribution in [0.2, 0.25) is 0 Å². The first-order valence-corrected chi connectivity index (χ1v) is 18.1. The molecule has 0 atom stereocenters. The average molecular weight is 674 g/mol. The molecule has 4 heterocycles. The zero-order chi connectivity index (χ0) is 34.4. The molecule has 53 heavy (non-hydrogen) atoms. The lowest BCUT2D eigenvalue weighted by atomic mass is 9.90. The molecule has 0 saturated carbocycles. The molecule has 0 fully saturated rings. The summed E-state index contributed by atoms with van der Waals surface area (Å²) in [4.78, 5) is 9.93. The molecule has 5 nitrogen and oxygen atoms in total. The Morgan fingerprint density at radius 1 is 0.358 bits per heavy atom. The van der Waals surface area contributed by atoms with Crippen molar-refractivity contribution >= 4 is 87.0 Å². The highest BCUT2D eigenvalue weighted by atomic mass is 15.1. The van der Waals surface area contributed by atoms with Gasteiger partial charge in [-0.15, -0.1) is 0 Å². The number of para-hydroxylation sites is 3. The summed E-state index contributed by atoms with van der Waals surface area (Å²) in [5.74, 6) is 1.88. The minimum Gasteiger partial charge on any atom is -0.309 e. The molecule has 9 aromatic carbocycles. The van der Waals surface area contributed by atoms with E-state index in [-0.39, 0.29) is 0 Å². The molecule has 0 aliphatic rings. The predicted molar refractivity (Wildman–Crippen MR) is 219 cm³/mol. The number of hydrogen-bond acceptors (Lipinski definition) is 2. The molecule has 0 amide bonds. The topological polar surface area (TPSA) is 40.6 Å². The van der Waals surface area contributed by atoms with Gasteiger partial charge >= 0.3 is 0 Å². The molecule has 13 rings (SSSR count). The highest BCUT2D eigenvalue weighted by Gasteiger charge is 2.27. The van der Waals surface area contributed by atoms with Crippen LogP contribution in [0.3, 0.4) is 0 Å². The van der Waals surface area contributed by atoms with Gasteiger partial charge in [0.05, 0.1) is 33.1 Å². The van der Waals surface area contributed by atoms with Gasteiger partial charge in [-0.1, -0.05) is 78.9 Å². The Hall–Kier alpha value is -7.24. The molecule has 5 heteroatoms. The quantitative estimate of drug-likeness (QED) is 0.138. The molecule has 0 spiro atoms. The monoisotopic (exact) mass is 673 g/mol. The van der Waals surface area contributed by atoms with Gasteiger partial charge in [-0.05, 0) is 100 Å². The number of nitrogens with zero attached hydrogens (tertiary/aromatic N) is 5. The molecule has 0 aliphatic heterocycles. The van der Waals surface area contributed by atoms with Crippen LogP contribution in [0, 0.1) is 0 Å². The number of rotatable bonds is 4. The molecular weight excluding hydrogens is 647 g/mol. The number of aromatic nitrogens is 5. The van der Waals surface area contributed by atoms with Crippen molar-refractivity contribution in [3.8, 4) is 28.6 Å². The highest BCUT2D eigenvalue weighted by Crippen LogP contribution is 2.51. The van der Waals surface area contributed by atoms with Crippen LogP contribution < -0.4 is 0 Å². The van der Waals surface area contributed by atoms with Crippen LogP contribution in [0.5, 0.6) is 0 Å². The van der Waals surface area contributed by atoms with Crippen molar-refractivity contribution in [3.05, 3.63) is 164 Å². The van der Waals surface area contributed by atoms with E-state index in [0.29, 0.717) is 0 Å². The molecule has 244 valence electrons. The van der Waals surface area contributed by atoms with Crippen molar-refractivity contribution < 1.29 is 0 Å². The van der Waals surface area contributed by atoms with E-state index in [0.717, 1.165) is 39.6 Å². The lowest BCUT2D eigenvalue weighted by molar-refractivity contribution is 1.08. The summed E-state index contributed by atoms with van der Waals surface area (Å²) >= 11 is 0. The summed E-state index contributed by atoms with van der Waals surface area (Å²) in [6.07, 6.45) is 1.88. The summed E-state index contributed by atoms with van der Waals surface area (Å²) < 4.78 is 7.08. The van der Waals surface area contributed by atoms with Gasteiger partial charge in [0.25, 0.3) is 0 Å². The first-order chi connectivity index (χ1) is 26.3. The Morgan fingerprint density at radius 3 is 1.62 bits per heavy atom. The molecule has 0 saturated heterocycles. The van der Waals surface area contributed by atoms with Crippen LogP contribution in [0.15, 0.2) is 164 Å². The van der Waals surface area contributed by atoms with Crippen LogP contribution in [0.4, 0.5) is 0 Å². The van der Waals surface area contributed by atoms with Gasteiger partial charge in [-0.2, -0.15) is 0 Å². The van der Waals surface area contributed by atoms with Gasteiger partial charge in [0.1, 0.15) is 11.6 Å². The van der Waals surface area contributed by atoms with Gasteiger partial charge in [0, 0.05) is 55.5 Å². The Labute approximate surface area is 302 Å². The summed E-state index contributed by atoms with van der Waals surface area (Å²) in [5.41, 5.74) is 10.3. The van der Waals surface area contributed by atoms with Crippen LogP contribution in [0.25, 0.3) is 116 Å². The van der Waals surface area contributed by atoms with Crippen molar-refractivity contribution in [3.63, 3.8) is 0 Å². The largest absolute Gasteiger partial charge is 0.309 e. The van der Waals surface area contributed by atoms with Gasteiger partial charge in [-0.25, -0.2) is 9.97 Å². The van der Waals surface area contributed by atoms with Crippen molar-refractivity contribution in [2.24, 2.45) is 0 Å². The maximum Gasteiger partial charge on any atom is 0.145 e. The lowest BCUT2D eigenvalue weighted by Crippen LogP contribution is -1.97. The molecule has 4 aromatic heterocycles. The van der Waals surface area contributed by atoms with E-state index in [2.05, 4.69) is 165 Å². The molecule has 0 radical (unpaired) electrons. The van der Waals surface area contributed by atoms with Crippen LogP contribution in [-0.2, 0) is 0 Å².